The van der Waals surface area contributed by atoms with E-state index >= 15 is 0 Å². The smallest absolute Gasteiger partial charge is 0.327 e. The van der Waals surface area contributed by atoms with E-state index in [4.69, 9.17) is 4.74 Å². The summed E-state index contributed by atoms with van der Waals surface area (Å²) in [6.07, 6.45) is 0. The van der Waals surface area contributed by atoms with Crippen LogP contribution in [0.1, 0.15) is 19.5 Å². The van der Waals surface area contributed by atoms with Crippen LogP contribution in [-0.4, -0.2) is 41.4 Å². The van der Waals surface area contributed by atoms with Crippen LogP contribution in [0.2, 0.25) is 0 Å². The summed E-state index contributed by atoms with van der Waals surface area (Å²) in [5.41, 5.74) is -0.992. The number of halogens is 2. The molecular formula is C15H18F2N4O3. The molecule has 0 unspecified atom stereocenters. The van der Waals surface area contributed by atoms with Gasteiger partial charge in [-0.1, -0.05) is 0 Å². The van der Waals surface area contributed by atoms with Crippen molar-refractivity contribution in [1.29, 1.82) is 0 Å². The highest BCUT2D eigenvalue weighted by Gasteiger charge is 2.27. The molecule has 0 spiro atoms. The first-order chi connectivity index (χ1) is 11.1. The Bertz CT molecular complexity index is 828. The van der Waals surface area contributed by atoms with Crippen molar-refractivity contribution in [2.75, 3.05) is 25.6 Å². The Morgan fingerprint density at radius 1 is 1.38 bits per heavy atom. The lowest BCUT2D eigenvalue weighted by molar-refractivity contribution is -0.144. The highest BCUT2D eigenvalue weighted by Crippen LogP contribution is 2.28. The van der Waals surface area contributed by atoms with Crippen molar-refractivity contribution in [3.63, 3.8) is 0 Å². The standard InChI is InChI=1S/C15H18F2N4O3/c1-5-24-11(22)8-21-14(23)9-6-7-10(15(2,16)17)18-12(9)13(19-21)20(3)4/h6-7H,5,8H2,1-4H3. The Morgan fingerprint density at radius 2 is 2.04 bits per heavy atom. The number of fused-ring (bicyclic) bond motifs is 1. The molecule has 2 aromatic rings. The molecule has 9 heteroatoms. The van der Waals surface area contributed by atoms with Gasteiger partial charge in [0.2, 0.25) is 0 Å². The van der Waals surface area contributed by atoms with Crippen molar-refractivity contribution in [1.82, 2.24) is 14.8 Å². The van der Waals surface area contributed by atoms with Crippen LogP contribution in [0.5, 0.6) is 0 Å². The SMILES string of the molecule is CCOC(=O)Cn1nc(N(C)C)c2nc(C(C)(F)F)ccc2c1=O. The molecule has 0 saturated carbocycles. The highest BCUT2D eigenvalue weighted by atomic mass is 19.3. The predicted molar refractivity (Wildman–Crippen MR) is 84.3 cm³/mol. The number of aromatic nitrogens is 3. The van der Waals surface area contributed by atoms with Crippen LogP contribution >= 0.6 is 0 Å². The molecule has 0 aliphatic rings. The van der Waals surface area contributed by atoms with Gasteiger partial charge in [0, 0.05) is 21.0 Å². The molecule has 0 N–H and O–H groups in total. The molecule has 0 bridgehead atoms. The average molecular weight is 340 g/mol. The number of anilines is 1. The lowest BCUT2D eigenvalue weighted by atomic mass is 10.2. The number of carbonyl (C=O) groups is 1. The van der Waals surface area contributed by atoms with Gasteiger partial charge in [-0.15, -0.1) is 5.10 Å². The summed E-state index contributed by atoms with van der Waals surface area (Å²) in [5.74, 6) is -3.54. The van der Waals surface area contributed by atoms with Gasteiger partial charge in [0.1, 0.15) is 17.8 Å². The number of ether oxygens (including phenoxy) is 1. The summed E-state index contributed by atoms with van der Waals surface area (Å²) in [5, 5.41) is 4.17. The van der Waals surface area contributed by atoms with Crippen molar-refractivity contribution in [2.45, 2.75) is 26.3 Å². The maximum atomic E-state index is 13.5. The van der Waals surface area contributed by atoms with Crippen LogP contribution in [0.3, 0.4) is 0 Å². The fourth-order valence-electron chi connectivity index (χ4n) is 2.13. The van der Waals surface area contributed by atoms with E-state index in [1.807, 2.05) is 0 Å². The fraction of sp³-hybridized carbons (Fsp3) is 0.467. The summed E-state index contributed by atoms with van der Waals surface area (Å²) in [7, 11) is 3.28. The molecule has 7 nitrogen and oxygen atoms in total. The average Bonchev–Trinajstić information content (AvgIpc) is 2.48. The molecular weight excluding hydrogens is 322 g/mol. The molecule has 0 radical (unpaired) electrons. The topological polar surface area (TPSA) is 77.3 Å². The van der Waals surface area contributed by atoms with Gasteiger partial charge in [-0.3, -0.25) is 9.59 Å². The van der Waals surface area contributed by atoms with E-state index in [1.54, 1.807) is 21.0 Å². The Hall–Kier alpha value is -2.58. The second-order valence-corrected chi connectivity index (χ2v) is 5.47. The monoisotopic (exact) mass is 340 g/mol. The van der Waals surface area contributed by atoms with E-state index < -0.39 is 23.1 Å². The predicted octanol–water partition coefficient (Wildman–Crippen LogP) is 1.53. The van der Waals surface area contributed by atoms with Crippen LogP contribution in [0, 0.1) is 0 Å². The number of esters is 1. The van der Waals surface area contributed by atoms with Gasteiger partial charge >= 0.3 is 5.97 Å². The Morgan fingerprint density at radius 3 is 2.58 bits per heavy atom. The first-order valence-electron chi connectivity index (χ1n) is 7.28. The molecule has 24 heavy (non-hydrogen) atoms. The summed E-state index contributed by atoms with van der Waals surface area (Å²) in [6.45, 7) is 2.19. The minimum atomic E-state index is -3.14. The largest absolute Gasteiger partial charge is 0.465 e. The van der Waals surface area contributed by atoms with Crippen LogP contribution < -0.4 is 10.5 Å². The van der Waals surface area contributed by atoms with E-state index in [-0.39, 0.29) is 29.9 Å². The molecule has 2 aromatic heterocycles. The molecule has 130 valence electrons. The van der Waals surface area contributed by atoms with Crippen molar-refractivity contribution >= 4 is 22.7 Å². The van der Waals surface area contributed by atoms with Gasteiger partial charge in [0.25, 0.3) is 11.5 Å². The molecule has 0 amide bonds. The van der Waals surface area contributed by atoms with E-state index in [0.29, 0.717) is 0 Å². The Kier molecular flexibility index (Phi) is 4.81. The molecule has 0 aromatic carbocycles. The van der Waals surface area contributed by atoms with Gasteiger partial charge in [-0.05, 0) is 19.1 Å². The third-order valence-electron chi connectivity index (χ3n) is 3.24. The minimum absolute atomic E-state index is 0.0594. The van der Waals surface area contributed by atoms with E-state index in [1.165, 1.54) is 11.0 Å². The van der Waals surface area contributed by atoms with Gasteiger partial charge in [0.15, 0.2) is 5.82 Å². The Balaban J connectivity index is 2.68. The van der Waals surface area contributed by atoms with E-state index in [2.05, 4.69) is 10.1 Å². The maximum Gasteiger partial charge on any atom is 0.327 e. The van der Waals surface area contributed by atoms with E-state index in [9.17, 15) is 18.4 Å². The number of carbonyl (C=O) groups excluding carboxylic acids is 1. The van der Waals surface area contributed by atoms with Crippen LogP contribution in [-0.2, 0) is 22.0 Å². The molecule has 0 fully saturated rings. The second-order valence-electron chi connectivity index (χ2n) is 5.47. The summed E-state index contributed by atoms with van der Waals surface area (Å²) in [4.78, 5) is 29.5. The van der Waals surface area contributed by atoms with Gasteiger partial charge in [-0.25, -0.2) is 9.67 Å². The minimum Gasteiger partial charge on any atom is -0.465 e. The van der Waals surface area contributed by atoms with Crippen LogP contribution in [0.4, 0.5) is 14.6 Å². The zero-order chi connectivity index (χ0) is 18.1. The highest BCUT2D eigenvalue weighted by molar-refractivity contribution is 5.87. The summed E-state index contributed by atoms with van der Waals surface area (Å²) < 4.78 is 32.8. The maximum absolute atomic E-state index is 13.5. The van der Waals surface area contributed by atoms with Crippen LogP contribution in [0.15, 0.2) is 16.9 Å². The number of alkyl halides is 2. The number of pyridine rings is 1. The Labute approximate surface area is 136 Å². The number of hydrogen-bond acceptors (Lipinski definition) is 6. The number of nitrogens with zero attached hydrogens (tertiary/aromatic N) is 4. The zero-order valence-electron chi connectivity index (χ0n) is 13.8. The van der Waals surface area contributed by atoms with Gasteiger partial charge in [-0.2, -0.15) is 8.78 Å². The second kappa shape index (κ2) is 6.50. The third-order valence-corrected chi connectivity index (χ3v) is 3.24. The molecule has 2 heterocycles. The van der Waals surface area contributed by atoms with Crippen molar-refractivity contribution < 1.29 is 18.3 Å². The van der Waals surface area contributed by atoms with E-state index in [0.717, 1.165) is 17.7 Å². The molecule has 0 aliphatic carbocycles. The van der Waals surface area contributed by atoms with Crippen molar-refractivity contribution in [3.8, 4) is 0 Å². The van der Waals surface area contributed by atoms with Crippen molar-refractivity contribution in [2.24, 2.45) is 0 Å². The molecule has 0 saturated heterocycles. The van der Waals surface area contributed by atoms with Gasteiger partial charge in [0.05, 0.1) is 12.0 Å². The lowest BCUT2D eigenvalue weighted by Gasteiger charge is -2.17. The quantitative estimate of drug-likeness (QED) is 0.768. The molecule has 0 atom stereocenters. The third kappa shape index (κ3) is 3.50. The van der Waals surface area contributed by atoms with Crippen LogP contribution in [0.25, 0.3) is 10.9 Å². The zero-order valence-corrected chi connectivity index (χ0v) is 13.8. The first kappa shape index (κ1) is 17.8. The first-order valence-corrected chi connectivity index (χ1v) is 7.28. The fourth-order valence-corrected chi connectivity index (χ4v) is 2.13. The number of rotatable bonds is 5. The van der Waals surface area contributed by atoms with Gasteiger partial charge < -0.3 is 9.64 Å². The number of hydrogen-bond donors (Lipinski definition) is 0. The lowest BCUT2D eigenvalue weighted by Crippen LogP contribution is -2.30. The normalized spacial score (nSPS) is 11.6. The molecule has 2 rings (SSSR count). The van der Waals surface area contributed by atoms with Crippen molar-refractivity contribution in [3.05, 3.63) is 28.2 Å². The summed E-state index contributed by atoms with van der Waals surface area (Å²) in [6, 6.07) is 2.37. The summed E-state index contributed by atoms with van der Waals surface area (Å²) >= 11 is 0. The molecule has 0 aliphatic heterocycles.